The minimum absolute atomic E-state index is 0.0680. The van der Waals surface area contributed by atoms with Gasteiger partial charge in [0.05, 0.1) is 0 Å². The molecule has 22 heavy (non-hydrogen) atoms. The van der Waals surface area contributed by atoms with Crippen LogP contribution in [0.3, 0.4) is 0 Å². The molecule has 1 aromatic heterocycles. The van der Waals surface area contributed by atoms with Gasteiger partial charge in [-0.25, -0.2) is 0 Å². The van der Waals surface area contributed by atoms with Crippen LogP contribution in [0.1, 0.15) is 71.1 Å². The topological polar surface area (TPSA) is 32.9 Å². The molecule has 0 saturated carbocycles. The van der Waals surface area contributed by atoms with Gasteiger partial charge in [0, 0.05) is 22.7 Å². The molecule has 2 heteroatoms. The number of aromatic nitrogens is 1. The number of fused-ring (bicyclic) bond motifs is 1. The molecule has 0 amide bonds. The van der Waals surface area contributed by atoms with Gasteiger partial charge in [0.1, 0.15) is 0 Å². The van der Waals surface area contributed by atoms with E-state index in [9.17, 15) is 4.79 Å². The third-order valence-electron chi connectivity index (χ3n) is 4.30. The van der Waals surface area contributed by atoms with Gasteiger partial charge in [-0.3, -0.25) is 4.79 Å². The molecular formula is C20H29NO. The van der Waals surface area contributed by atoms with Crippen LogP contribution in [0, 0.1) is 0 Å². The second-order valence-electron chi connectivity index (χ2n) is 7.33. The van der Waals surface area contributed by atoms with Crippen molar-refractivity contribution in [1.82, 2.24) is 4.98 Å². The Bertz CT molecular complexity index is 676. The lowest BCUT2D eigenvalue weighted by Gasteiger charge is -2.19. The van der Waals surface area contributed by atoms with E-state index < -0.39 is 0 Å². The van der Waals surface area contributed by atoms with Crippen LogP contribution < -0.4 is 5.43 Å². The summed E-state index contributed by atoms with van der Waals surface area (Å²) in [5, 5.41) is 0.808. The fourth-order valence-electron chi connectivity index (χ4n) is 2.82. The smallest absolute Gasteiger partial charge is 0.189 e. The quantitative estimate of drug-likeness (QED) is 0.718. The van der Waals surface area contributed by atoms with Crippen LogP contribution in [0.15, 0.2) is 29.1 Å². The van der Waals surface area contributed by atoms with Gasteiger partial charge in [-0.2, -0.15) is 0 Å². The predicted octanol–water partition coefficient (Wildman–Crippen LogP) is 5.34. The molecule has 0 unspecified atom stereocenters. The van der Waals surface area contributed by atoms with Gasteiger partial charge < -0.3 is 4.98 Å². The van der Waals surface area contributed by atoms with Crippen LogP contribution in [0.2, 0.25) is 0 Å². The molecule has 0 aliphatic heterocycles. The maximum Gasteiger partial charge on any atom is 0.189 e. The van der Waals surface area contributed by atoms with Gasteiger partial charge in [0.15, 0.2) is 5.43 Å². The van der Waals surface area contributed by atoms with E-state index in [1.807, 2.05) is 6.07 Å². The van der Waals surface area contributed by atoms with E-state index in [0.29, 0.717) is 0 Å². The maximum absolute atomic E-state index is 12.4. The Morgan fingerprint density at radius 1 is 1.00 bits per heavy atom. The molecule has 0 aliphatic rings. The summed E-state index contributed by atoms with van der Waals surface area (Å²) < 4.78 is 0. The lowest BCUT2D eigenvalue weighted by atomic mass is 9.86. The Balaban J connectivity index is 2.18. The predicted molar refractivity (Wildman–Crippen MR) is 95.7 cm³/mol. The van der Waals surface area contributed by atoms with Crippen molar-refractivity contribution in [2.75, 3.05) is 0 Å². The second-order valence-corrected chi connectivity index (χ2v) is 7.33. The van der Waals surface area contributed by atoms with E-state index in [0.717, 1.165) is 29.4 Å². The van der Waals surface area contributed by atoms with Gasteiger partial charge in [0.2, 0.25) is 0 Å². The van der Waals surface area contributed by atoms with Crippen LogP contribution in [-0.4, -0.2) is 4.98 Å². The molecule has 0 fully saturated rings. The number of unbranched alkanes of at least 4 members (excludes halogenated alkanes) is 4. The van der Waals surface area contributed by atoms with Crippen LogP contribution in [0.5, 0.6) is 0 Å². The lowest BCUT2D eigenvalue weighted by Crippen LogP contribution is -2.13. The standard InChI is InChI=1S/C20H29NO/c1-5-6-7-8-9-10-16-14-19(22)17-13-15(20(2,3)4)11-12-18(17)21-16/h11-14H,5-10H2,1-4H3,(H,21,22). The van der Waals surface area contributed by atoms with Crippen LogP contribution in [0.4, 0.5) is 0 Å². The molecule has 2 nitrogen and oxygen atoms in total. The van der Waals surface area contributed by atoms with E-state index in [4.69, 9.17) is 0 Å². The highest BCUT2D eigenvalue weighted by atomic mass is 16.1. The molecule has 1 aromatic carbocycles. The molecule has 2 rings (SSSR count). The molecule has 0 aliphatic carbocycles. The first kappa shape index (κ1) is 16.8. The van der Waals surface area contributed by atoms with Crippen molar-refractivity contribution in [3.63, 3.8) is 0 Å². The maximum atomic E-state index is 12.4. The average Bonchev–Trinajstić information content (AvgIpc) is 2.46. The Morgan fingerprint density at radius 2 is 1.73 bits per heavy atom. The Kier molecular flexibility index (Phi) is 5.44. The Morgan fingerprint density at radius 3 is 2.41 bits per heavy atom. The number of benzene rings is 1. The molecular weight excluding hydrogens is 270 g/mol. The summed E-state index contributed by atoms with van der Waals surface area (Å²) in [7, 11) is 0. The van der Waals surface area contributed by atoms with Crippen LogP contribution >= 0.6 is 0 Å². The molecule has 0 radical (unpaired) electrons. The minimum atomic E-state index is 0.0680. The summed E-state index contributed by atoms with van der Waals surface area (Å²) in [6.07, 6.45) is 7.24. The van der Waals surface area contributed by atoms with Gasteiger partial charge in [-0.05, 0) is 36.0 Å². The molecule has 1 heterocycles. The van der Waals surface area contributed by atoms with E-state index in [1.165, 1.54) is 31.2 Å². The zero-order chi connectivity index (χ0) is 16.2. The van der Waals surface area contributed by atoms with Crippen LogP contribution in [0.25, 0.3) is 10.9 Å². The number of aromatic amines is 1. The fourth-order valence-corrected chi connectivity index (χ4v) is 2.82. The highest BCUT2D eigenvalue weighted by Crippen LogP contribution is 2.24. The Hall–Kier alpha value is -1.57. The number of pyridine rings is 1. The van der Waals surface area contributed by atoms with E-state index >= 15 is 0 Å². The number of aryl methyl sites for hydroxylation is 1. The SMILES string of the molecule is CCCCCCCc1cc(=O)c2cc(C(C)(C)C)ccc2[nH]1. The van der Waals surface area contributed by atoms with Gasteiger partial charge >= 0.3 is 0 Å². The van der Waals surface area contributed by atoms with Crippen LogP contribution in [-0.2, 0) is 11.8 Å². The number of nitrogens with one attached hydrogen (secondary N) is 1. The molecule has 120 valence electrons. The third-order valence-corrected chi connectivity index (χ3v) is 4.30. The van der Waals surface area contributed by atoms with Gasteiger partial charge in [-0.1, -0.05) is 59.4 Å². The van der Waals surface area contributed by atoms with Crippen molar-refractivity contribution in [3.8, 4) is 0 Å². The first-order valence-corrected chi connectivity index (χ1v) is 8.58. The minimum Gasteiger partial charge on any atom is -0.358 e. The summed E-state index contributed by atoms with van der Waals surface area (Å²) in [5.41, 5.74) is 3.45. The van der Waals surface area contributed by atoms with E-state index in [1.54, 1.807) is 6.07 Å². The van der Waals surface area contributed by atoms with Crippen molar-refractivity contribution in [2.24, 2.45) is 0 Å². The number of rotatable bonds is 6. The van der Waals surface area contributed by atoms with Crippen molar-refractivity contribution >= 4 is 10.9 Å². The first-order valence-electron chi connectivity index (χ1n) is 8.58. The summed E-state index contributed by atoms with van der Waals surface area (Å²) in [5.74, 6) is 0. The molecule has 1 N–H and O–H groups in total. The summed E-state index contributed by atoms with van der Waals surface area (Å²) in [4.78, 5) is 15.8. The molecule has 0 atom stereocenters. The molecule has 0 spiro atoms. The highest BCUT2D eigenvalue weighted by molar-refractivity contribution is 5.79. The van der Waals surface area contributed by atoms with E-state index in [2.05, 4.69) is 44.8 Å². The Labute approximate surface area is 134 Å². The zero-order valence-corrected chi connectivity index (χ0v) is 14.5. The van der Waals surface area contributed by atoms with Crippen molar-refractivity contribution < 1.29 is 0 Å². The van der Waals surface area contributed by atoms with Crippen molar-refractivity contribution in [2.45, 2.75) is 71.6 Å². The molecule has 0 saturated heterocycles. The lowest BCUT2D eigenvalue weighted by molar-refractivity contribution is 0.591. The zero-order valence-electron chi connectivity index (χ0n) is 14.5. The molecule has 2 aromatic rings. The normalized spacial score (nSPS) is 12.0. The van der Waals surface area contributed by atoms with Crippen molar-refractivity contribution in [1.29, 1.82) is 0 Å². The average molecular weight is 299 g/mol. The molecule has 0 bridgehead atoms. The monoisotopic (exact) mass is 299 g/mol. The number of hydrogen-bond acceptors (Lipinski definition) is 1. The highest BCUT2D eigenvalue weighted by Gasteiger charge is 2.14. The number of hydrogen-bond donors (Lipinski definition) is 1. The van der Waals surface area contributed by atoms with E-state index in [-0.39, 0.29) is 10.8 Å². The van der Waals surface area contributed by atoms with Gasteiger partial charge in [-0.15, -0.1) is 0 Å². The van der Waals surface area contributed by atoms with Gasteiger partial charge in [0.25, 0.3) is 0 Å². The number of H-pyrrole nitrogens is 1. The summed E-state index contributed by atoms with van der Waals surface area (Å²) in [6, 6.07) is 8.01. The third kappa shape index (κ3) is 4.22. The largest absolute Gasteiger partial charge is 0.358 e. The fraction of sp³-hybridized carbons (Fsp3) is 0.550. The first-order chi connectivity index (χ1) is 10.4. The summed E-state index contributed by atoms with van der Waals surface area (Å²) in [6.45, 7) is 8.75. The van der Waals surface area contributed by atoms with Crippen molar-refractivity contribution in [3.05, 3.63) is 45.7 Å². The summed E-state index contributed by atoms with van der Waals surface area (Å²) >= 11 is 0. The second kappa shape index (κ2) is 7.13.